The van der Waals surface area contributed by atoms with Crippen molar-refractivity contribution in [1.82, 2.24) is 5.16 Å². The quantitative estimate of drug-likeness (QED) is 0.909. The minimum Gasteiger partial charge on any atom is -0.485 e. The standard InChI is InChI=1S/C15H18N2O4/c1-9(16)3-11-5-14-15(20-8-19-14)6-13(11)18-7-12-4-10(2)17-21-12/h4-6,9H,3,7-8,16H2,1-2H3. The van der Waals surface area contributed by atoms with Gasteiger partial charge in [-0.1, -0.05) is 5.16 Å². The highest BCUT2D eigenvalue weighted by atomic mass is 16.7. The monoisotopic (exact) mass is 290 g/mol. The van der Waals surface area contributed by atoms with Crippen LogP contribution in [0.5, 0.6) is 17.2 Å². The minimum absolute atomic E-state index is 0.0280. The van der Waals surface area contributed by atoms with E-state index in [2.05, 4.69) is 5.16 Å². The molecule has 1 aliphatic heterocycles. The first kappa shape index (κ1) is 13.8. The van der Waals surface area contributed by atoms with Gasteiger partial charge in [0.2, 0.25) is 6.79 Å². The molecule has 1 unspecified atom stereocenters. The molecule has 2 aromatic rings. The molecule has 3 rings (SSSR count). The zero-order valence-corrected chi connectivity index (χ0v) is 12.1. The summed E-state index contributed by atoms with van der Waals surface area (Å²) in [5.41, 5.74) is 7.71. The van der Waals surface area contributed by atoms with E-state index in [0.29, 0.717) is 24.5 Å². The molecule has 0 fully saturated rings. The number of rotatable bonds is 5. The SMILES string of the molecule is Cc1cc(COc2cc3c(cc2CC(C)N)OCO3)on1. The molecule has 0 saturated heterocycles. The van der Waals surface area contributed by atoms with Crippen LogP contribution in [0.4, 0.5) is 0 Å². The fourth-order valence-corrected chi connectivity index (χ4v) is 2.24. The minimum atomic E-state index is 0.0280. The molecule has 2 heterocycles. The Kier molecular flexibility index (Phi) is 3.70. The second kappa shape index (κ2) is 5.65. The molecule has 0 saturated carbocycles. The molecule has 21 heavy (non-hydrogen) atoms. The predicted octanol–water partition coefficient (Wildman–Crippen LogP) is 2.18. The molecule has 0 radical (unpaired) electrons. The average Bonchev–Trinajstić information content (AvgIpc) is 3.03. The van der Waals surface area contributed by atoms with Gasteiger partial charge in [0.25, 0.3) is 0 Å². The third-order valence-electron chi connectivity index (χ3n) is 3.14. The van der Waals surface area contributed by atoms with E-state index in [-0.39, 0.29) is 12.8 Å². The third-order valence-corrected chi connectivity index (χ3v) is 3.14. The molecule has 0 amide bonds. The lowest BCUT2D eigenvalue weighted by atomic mass is 10.1. The summed E-state index contributed by atoms with van der Waals surface area (Å²) in [4.78, 5) is 0. The van der Waals surface area contributed by atoms with Crippen LogP contribution in [0.2, 0.25) is 0 Å². The van der Waals surface area contributed by atoms with Gasteiger partial charge in [-0.25, -0.2) is 0 Å². The largest absolute Gasteiger partial charge is 0.485 e. The molecular weight excluding hydrogens is 272 g/mol. The van der Waals surface area contributed by atoms with Crippen LogP contribution < -0.4 is 19.9 Å². The smallest absolute Gasteiger partial charge is 0.231 e. The van der Waals surface area contributed by atoms with Gasteiger partial charge in [-0.2, -0.15) is 0 Å². The first-order valence-electron chi connectivity index (χ1n) is 6.85. The van der Waals surface area contributed by atoms with Gasteiger partial charge in [-0.15, -0.1) is 0 Å². The first-order valence-corrected chi connectivity index (χ1v) is 6.85. The Hall–Kier alpha value is -2.21. The maximum absolute atomic E-state index is 5.89. The Labute approximate surface area is 122 Å². The van der Waals surface area contributed by atoms with E-state index in [4.69, 9.17) is 24.5 Å². The van der Waals surface area contributed by atoms with Crippen molar-refractivity contribution in [3.8, 4) is 17.2 Å². The van der Waals surface area contributed by atoms with Crippen LogP contribution in [0.1, 0.15) is 23.9 Å². The van der Waals surface area contributed by atoms with Crippen molar-refractivity contribution in [2.75, 3.05) is 6.79 Å². The molecule has 2 N–H and O–H groups in total. The normalized spacial score (nSPS) is 14.2. The van der Waals surface area contributed by atoms with Crippen molar-refractivity contribution in [1.29, 1.82) is 0 Å². The number of hydrogen-bond donors (Lipinski definition) is 1. The zero-order valence-electron chi connectivity index (χ0n) is 12.1. The van der Waals surface area contributed by atoms with Crippen molar-refractivity contribution in [3.05, 3.63) is 35.2 Å². The lowest BCUT2D eigenvalue weighted by Crippen LogP contribution is -2.18. The summed E-state index contributed by atoms with van der Waals surface area (Å²) >= 11 is 0. The van der Waals surface area contributed by atoms with Crippen LogP contribution in [-0.2, 0) is 13.0 Å². The molecule has 0 aliphatic carbocycles. The highest BCUT2D eigenvalue weighted by Gasteiger charge is 2.19. The fraction of sp³-hybridized carbons (Fsp3) is 0.400. The van der Waals surface area contributed by atoms with E-state index in [9.17, 15) is 0 Å². The van der Waals surface area contributed by atoms with E-state index in [0.717, 1.165) is 22.8 Å². The maximum atomic E-state index is 5.89. The summed E-state index contributed by atoms with van der Waals surface area (Å²) in [5, 5.41) is 3.84. The Balaban J connectivity index is 1.81. The van der Waals surface area contributed by atoms with E-state index in [1.54, 1.807) is 0 Å². The Morgan fingerprint density at radius 1 is 1.29 bits per heavy atom. The third kappa shape index (κ3) is 3.11. The molecule has 1 aromatic heterocycles. The number of hydrogen-bond acceptors (Lipinski definition) is 6. The summed E-state index contributed by atoms with van der Waals surface area (Å²) in [7, 11) is 0. The van der Waals surface area contributed by atoms with Gasteiger partial charge in [0.15, 0.2) is 17.3 Å². The van der Waals surface area contributed by atoms with Crippen molar-refractivity contribution in [2.45, 2.75) is 32.9 Å². The highest BCUT2D eigenvalue weighted by Crippen LogP contribution is 2.38. The molecular formula is C15H18N2O4. The molecule has 6 nitrogen and oxygen atoms in total. The fourth-order valence-electron chi connectivity index (χ4n) is 2.24. The number of aromatic nitrogens is 1. The van der Waals surface area contributed by atoms with Crippen LogP contribution in [0, 0.1) is 6.92 Å². The van der Waals surface area contributed by atoms with Crippen molar-refractivity contribution < 1.29 is 18.7 Å². The van der Waals surface area contributed by atoms with Gasteiger partial charge in [-0.05, 0) is 31.9 Å². The first-order chi connectivity index (χ1) is 10.1. The molecule has 112 valence electrons. The van der Waals surface area contributed by atoms with E-state index < -0.39 is 0 Å². The summed E-state index contributed by atoms with van der Waals surface area (Å²) < 4.78 is 21.8. The molecule has 1 aliphatic rings. The van der Waals surface area contributed by atoms with Gasteiger partial charge < -0.3 is 24.5 Å². The Morgan fingerprint density at radius 2 is 2.05 bits per heavy atom. The number of nitrogens with two attached hydrogens (primary N) is 1. The van der Waals surface area contributed by atoms with Crippen molar-refractivity contribution in [3.63, 3.8) is 0 Å². The molecule has 1 aromatic carbocycles. The molecule has 1 atom stereocenters. The second-order valence-corrected chi connectivity index (χ2v) is 5.22. The van der Waals surface area contributed by atoms with Crippen molar-refractivity contribution in [2.24, 2.45) is 5.73 Å². The summed E-state index contributed by atoms with van der Waals surface area (Å²) in [6.45, 7) is 4.37. The van der Waals surface area contributed by atoms with Crippen LogP contribution >= 0.6 is 0 Å². The number of aryl methyl sites for hydroxylation is 1. The van der Waals surface area contributed by atoms with Gasteiger partial charge in [0, 0.05) is 18.2 Å². The van der Waals surface area contributed by atoms with E-state index >= 15 is 0 Å². The number of benzene rings is 1. The summed E-state index contributed by atoms with van der Waals surface area (Å²) in [5.74, 6) is 2.82. The van der Waals surface area contributed by atoms with Crippen LogP contribution in [0.3, 0.4) is 0 Å². The predicted molar refractivity (Wildman–Crippen MR) is 75.5 cm³/mol. The maximum Gasteiger partial charge on any atom is 0.231 e. The number of fused-ring (bicyclic) bond motifs is 1. The van der Waals surface area contributed by atoms with Gasteiger partial charge in [0.05, 0.1) is 5.69 Å². The van der Waals surface area contributed by atoms with Crippen LogP contribution in [0.15, 0.2) is 22.7 Å². The zero-order chi connectivity index (χ0) is 14.8. The highest BCUT2D eigenvalue weighted by molar-refractivity contribution is 5.52. The van der Waals surface area contributed by atoms with Crippen molar-refractivity contribution >= 4 is 0 Å². The van der Waals surface area contributed by atoms with E-state index in [1.165, 1.54) is 0 Å². The number of nitrogens with zero attached hydrogens (tertiary/aromatic N) is 1. The van der Waals surface area contributed by atoms with Gasteiger partial charge in [0.1, 0.15) is 12.4 Å². The van der Waals surface area contributed by atoms with Crippen LogP contribution in [0.25, 0.3) is 0 Å². The van der Waals surface area contributed by atoms with Crippen LogP contribution in [-0.4, -0.2) is 18.0 Å². The lowest BCUT2D eigenvalue weighted by Gasteiger charge is -2.13. The topological polar surface area (TPSA) is 79.7 Å². The summed E-state index contributed by atoms with van der Waals surface area (Å²) in [6.07, 6.45) is 0.696. The lowest BCUT2D eigenvalue weighted by molar-refractivity contribution is 0.173. The molecule has 0 spiro atoms. The Bertz CT molecular complexity index is 637. The second-order valence-electron chi connectivity index (χ2n) is 5.22. The molecule has 0 bridgehead atoms. The Morgan fingerprint density at radius 3 is 2.71 bits per heavy atom. The van der Waals surface area contributed by atoms with Gasteiger partial charge in [-0.3, -0.25) is 0 Å². The van der Waals surface area contributed by atoms with Gasteiger partial charge >= 0.3 is 0 Å². The number of ether oxygens (including phenoxy) is 3. The van der Waals surface area contributed by atoms with E-state index in [1.807, 2.05) is 32.0 Å². The average molecular weight is 290 g/mol. The molecule has 6 heteroatoms. The summed E-state index contributed by atoms with van der Waals surface area (Å²) in [6, 6.07) is 5.63.